The SMILES string of the molecule is Cc1c(Cl)ccnc1N1CCN(c2cccnc2)C1=O. The second kappa shape index (κ2) is 5.09. The summed E-state index contributed by atoms with van der Waals surface area (Å²) in [5.74, 6) is 0.619. The van der Waals surface area contributed by atoms with Gasteiger partial charge in [0, 0.05) is 36.1 Å². The number of halogens is 1. The van der Waals surface area contributed by atoms with Gasteiger partial charge in [-0.1, -0.05) is 11.6 Å². The maximum absolute atomic E-state index is 12.5. The first-order chi connectivity index (χ1) is 9.68. The van der Waals surface area contributed by atoms with E-state index in [0.29, 0.717) is 23.9 Å². The lowest BCUT2D eigenvalue weighted by molar-refractivity contribution is 0.255. The van der Waals surface area contributed by atoms with E-state index < -0.39 is 0 Å². The molecule has 1 fully saturated rings. The summed E-state index contributed by atoms with van der Waals surface area (Å²) in [6.45, 7) is 3.06. The highest BCUT2D eigenvalue weighted by molar-refractivity contribution is 6.31. The molecule has 1 aliphatic heterocycles. The smallest absolute Gasteiger partial charge is 0.291 e. The fourth-order valence-corrected chi connectivity index (χ4v) is 2.40. The molecule has 2 aromatic rings. The van der Waals surface area contributed by atoms with E-state index in [1.54, 1.807) is 34.5 Å². The molecule has 2 aromatic heterocycles. The highest BCUT2D eigenvalue weighted by Crippen LogP contribution is 2.28. The number of hydrogen-bond acceptors (Lipinski definition) is 3. The van der Waals surface area contributed by atoms with Crippen LogP contribution >= 0.6 is 11.6 Å². The zero-order valence-electron chi connectivity index (χ0n) is 11.0. The van der Waals surface area contributed by atoms with Crippen LogP contribution in [0.5, 0.6) is 0 Å². The number of aromatic nitrogens is 2. The minimum Gasteiger partial charge on any atom is -0.291 e. The first-order valence-electron chi connectivity index (χ1n) is 6.28. The molecule has 102 valence electrons. The Morgan fingerprint density at radius 3 is 2.75 bits per heavy atom. The second-order valence-electron chi connectivity index (χ2n) is 4.54. The Kier molecular flexibility index (Phi) is 3.28. The molecule has 3 rings (SSSR count). The minimum absolute atomic E-state index is 0.101. The Balaban J connectivity index is 1.91. The molecule has 0 aromatic carbocycles. The summed E-state index contributed by atoms with van der Waals surface area (Å²) in [7, 11) is 0. The molecular weight excluding hydrogens is 276 g/mol. The van der Waals surface area contributed by atoms with Gasteiger partial charge >= 0.3 is 6.03 Å². The number of anilines is 2. The van der Waals surface area contributed by atoms with Crippen LogP contribution < -0.4 is 9.80 Å². The van der Waals surface area contributed by atoms with E-state index in [2.05, 4.69) is 9.97 Å². The molecule has 0 spiro atoms. The van der Waals surface area contributed by atoms with Crippen LogP contribution in [0, 0.1) is 6.92 Å². The second-order valence-corrected chi connectivity index (χ2v) is 4.95. The predicted molar refractivity (Wildman–Crippen MR) is 78.3 cm³/mol. The standard InChI is InChI=1S/C14H13ClN4O/c1-10-12(15)4-6-17-13(10)19-8-7-18(14(19)20)11-3-2-5-16-9-11/h2-6,9H,7-8H2,1H3. The molecule has 0 radical (unpaired) electrons. The van der Waals surface area contributed by atoms with E-state index in [0.717, 1.165) is 11.3 Å². The highest BCUT2D eigenvalue weighted by Gasteiger charge is 2.32. The van der Waals surface area contributed by atoms with Crippen LogP contribution in [0.4, 0.5) is 16.3 Å². The average Bonchev–Trinajstić information content (AvgIpc) is 2.85. The summed E-state index contributed by atoms with van der Waals surface area (Å²) in [5, 5.41) is 0.614. The number of pyridine rings is 2. The highest BCUT2D eigenvalue weighted by atomic mass is 35.5. The Morgan fingerprint density at radius 1 is 1.20 bits per heavy atom. The van der Waals surface area contributed by atoms with Crippen LogP contribution in [0.3, 0.4) is 0 Å². The molecule has 3 heterocycles. The summed E-state index contributed by atoms with van der Waals surface area (Å²) in [4.78, 5) is 24.2. The van der Waals surface area contributed by atoms with Crippen molar-refractivity contribution in [3.63, 3.8) is 0 Å². The van der Waals surface area contributed by atoms with Gasteiger partial charge in [-0.25, -0.2) is 9.78 Å². The summed E-state index contributed by atoms with van der Waals surface area (Å²) in [6.07, 6.45) is 4.98. The molecule has 1 saturated heterocycles. The maximum Gasteiger partial charge on any atom is 0.330 e. The number of carbonyl (C=O) groups excluding carboxylic acids is 1. The van der Waals surface area contributed by atoms with Crippen molar-refractivity contribution in [3.8, 4) is 0 Å². The van der Waals surface area contributed by atoms with Gasteiger partial charge in [0.2, 0.25) is 0 Å². The third-order valence-electron chi connectivity index (χ3n) is 3.33. The largest absolute Gasteiger partial charge is 0.330 e. The zero-order chi connectivity index (χ0) is 14.1. The van der Waals surface area contributed by atoms with E-state index in [9.17, 15) is 4.79 Å². The third kappa shape index (κ3) is 2.10. The van der Waals surface area contributed by atoms with Crippen molar-refractivity contribution in [2.75, 3.05) is 22.9 Å². The monoisotopic (exact) mass is 288 g/mol. The molecule has 20 heavy (non-hydrogen) atoms. The number of hydrogen-bond donors (Lipinski definition) is 0. The summed E-state index contributed by atoms with van der Waals surface area (Å²) in [5.41, 5.74) is 1.61. The molecule has 0 N–H and O–H groups in total. The van der Waals surface area contributed by atoms with Crippen LogP contribution in [-0.4, -0.2) is 29.1 Å². The van der Waals surface area contributed by atoms with Gasteiger partial charge in [-0.3, -0.25) is 14.8 Å². The van der Waals surface area contributed by atoms with E-state index >= 15 is 0 Å². The molecular formula is C14H13ClN4O. The van der Waals surface area contributed by atoms with Crippen molar-refractivity contribution in [1.29, 1.82) is 0 Å². The van der Waals surface area contributed by atoms with Crippen LogP contribution in [-0.2, 0) is 0 Å². The lowest BCUT2D eigenvalue weighted by Gasteiger charge is -2.19. The average molecular weight is 289 g/mol. The van der Waals surface area contributed by atoms with Crippen LogP contribution in [0.25, 0.3) is 0 Å². The Bertz CT molecular complexity index is 647. The Hall–Kier alpha value is -2.14. The van der Waals surface area contributed by atoms with Crippen molar-refractivity contribution >= 4 is 29.1 Å². The maximum atomic E-state index is 12.5. The molecule has 0 saturated carbocycles. The Morgan fingerprint density at radius 2 is 2.00 bits per heavy atom. The predicted octanol–water partition coefficient (Wildman–Crippen LogP) is 2.89. The van der Waals surface area contributed by atoms with Gasteiger partial charge in [-0.2, -0.15) is 0 Å². The van der Waals surface area contributed by atoms with Crippen LogP contribution in [0.15, 0.2) is 36.8 Å². The summed E-state index contributed by atoms with van der Waals surface area (Å²) < 4.78 is 0. The molecule has 1 aliphatic rings. The van der Waals surface area contributed by atoms with Gasteiger partial charge in [-0.05, 0) is 25.1 Å². The minimum atomic E-state index is -0.101. The molecule has 5 nitrogen and oxygen atoms in total. The quantitative estimate of drug-likeness (QED) is 0.854. The van der Waals surface area contributed by atoms with E-state index in [1.165, 1.54) is 0 Å². The molecule has 6 heteroatoms. The lowest BCUT2D eigenvalue weighted by atomic mass is 10.3. The van der Waals surface area contributed by atoms with Crippen molar-refractivity contribution in [2.24, 2.45) is 0 Å². The topological polar surface area (TPSA) is 49.3 Å². The lowest BCUT2D eigenvalue weighted by Crippen LogP contribution is -2.32. The van der Waals surface area contributed by atoms with Gasteiger partial charge in [0.1, 0.15) is 5.82 Å². The van der Waals surface area contributed by atoms with Crippen molar-refractivity contribution in [2.45, 2.75) is 6.92 Å². The third-order valence-corrected chi connectivity index (χ3v) is 3.74. The van der Waals surface area contributed by atoms with E-state index in [4.69, 9.17) is 11.6 Å². The molecule has 2 amide bonds. The van der Waals surface area contributed by atoms with Gasteiger partial charge in [0.25, 0.3) is 0 Å². The van der Waals surface area contributed by atoms with Crippen LogP contribution in [0.2, 0.25) is 5.02 Å². The van der Waals surface area contributed by atoms with Crippen molar-refractivity contribution in [3.05, 3.63) is 47.4 Å². The van der Waals surface area contributed by atoms with Crippen LogP contribution in [0.1, 0.15) is 5.56 Å². The summed E-state index contributed by atoms with van der Waals surface area (Å²) >= 11 is 6.09. The number of nitrogens with zero attached hydrogens (tertiary/aromatic N) is 4. The van der Waals surface area contributed by atoms with Gasteiger partial charge in [0.15, 0.2) is 0 Å². The van der Waals surface area contributed by atoms with Gasteiger partial charge in [-0.15, -0.1) is 0 Å². The number of rotatable bonds is 2. The Labute approximate surface area is 121 Å². The first kappa shape index (κ1) is 12.9. The van der Waals surface area contributed by atoms with Gasteiger partial charge < -0.3 is 0 Å². The molecule has 0 unspecified atom stereocenters. The summed E-state index contributed by atoms with van der Waals surface area (Å²) in [6, 6.07) is 5.30. The van der Waals surface area contributed by atoms with E-state index in [1.807, 2.05) is 19.1 Å². The van der Waals surface area contributed by atoms with Crippen molar-refractivity contribution in [1.82, 2.24) is 9.97 Å². The van der Waals surface area contributed by atoms with Gasteiger partial charge in [0.05, 0.1) is 11.9 Å². The molecule has 0 atom stereocenters. The normalized spacial score (nSPS) is 15.0. The fourth-order valence-electron chi connectivity index (χ4n) is 2.26. The zero-order valence-corrected chi connectivity index (χ0v) is 11.7. The number of carbonyl (C=O) groups is 1. The number of urea groups is 1. The molecule has 0 bridgehead atoms. The molecule has 0 aliphatic carbocycles. The first-order valence-corrected chi connectivity index (χ1v) is 6.66. The van der Waals surface area contributed by atoms with Crippen molar-refractivity contribution < 1.29 is 4.79 Å². The fraction of sp³-hybridized carbons (Fsp3) is 0.214. The van der Waals surface area contributed by atoms with E-state index in [-0.39, 0.29) is 6.03 Å². The number of amides is 2.